The van der Waals surface area contributed by atoms with Gasteiger partial charge in [0.25, 0.3) is 0 Å². The molecular formula is C23H24F3N7O. The zero-order chi connectivity index (χ0) is 23.9. The number of alkyl halides is 3. The molecule has 0 unspecified atom stereocenters. The highest BCUT2D eigenvalue weighted by atomic mass is 19.4. The molecule has 1 aliphatic heterocycles. The van der Waals surface area contributed by atoms with Gasteiger partial charge in [0.2, 0.25) is 5.95 Å². The Hall–Kier alpha value is -3.47. The highest BCUT2D eigenvalue weighted by Crippen LogP contribution is 2.34. The molecule has 4 aromatic rings. The molecule has 5 heterocycles. The monoisotopic (exact) mass is 471 g/mol. The Morgan fingerprint density at radius 1 is 1.18 bits per heavy atom. The maximum Gasteiger partial charge on any atom is 0.393 e. The van der Waals surface area contributed by atoms with Crippen LogP contribution in [0.4, 0.5) is 19.1 Å². The molecule has 11 heteroatoms. The molecule has 0 saturated carbocycles. The van der Waals surface area contributed by atoms with E-state index in [2.05, 4.69) is 42.6 Å². The van der Waals surface area contributed by atoms with Crippen molar-refractivity contribution in [3.8, 4) is 22.5 Å². The average Bonchev–Trinajstić information content (AvgIpc) is 3.41. The molecular weight excluding hydrogens is 447 g/mol. The van der Waals surface area contributed by atoms with E-state index in [1.807, 2.05) is 13.0 Å². The first-order valence-electron chi connectivity index (χ1n) is 11.1. The number of aromatic nitrogens is 5. The van der Waals surface area contributed by atoms with E-state index < -0.39 is 12.6 Å². The van der Waals surface area contributed by atoms with Crippen LogP contribution in [-0.2, 0) is 6.42 Å². The zero-order valence-electron chi connectivity index (χ0n) is 18.7. The maximum atomic E-state index is 13.3. The van der Waals surface area contributed by atoms with Gasteiger partial charge < -0.3 is 20.1 Å². The SMILES string of the molecule is Cc1nocc1-c1ccc2c(-c3nc(N[C@H]4CC[C@H](C)NC4)ncc3CC(F)(F)F)c[nH]c2n1. The third-order valence-corrected chi connectivity index (χ3v) is 6.07. The van der Waals surface area contributed by atoms with Gasteiger partial charge in [-0.05, 0) is 38.8 Å². The normalized spacial score (nSPS) is 19.0. The molecule has 4 aromatic heterocycles. The van der Waals surface area contributed by atoms with Crippen LogP contribution in [0, 0.1) is 6.92 Å². The minimum Gasteiger partial charge on any atom is -0.364 e. The fourth-order valence-electron chi connectivity index (χ4n) is 4.25. The number of hydrogen-bond acceptors (Lipinski definition) is 7. The summed E-state index contributed by atoms with van der Waals surface area (Å²) in [6, 6.07) is 4.15. The summed E-state index contributed by atoms with van der Waals surface area (Å²) in [5.41, 5.74) is 3.41. The summed E-state index contributed by atoms with van der Waals surface area (Å²) < 4.78 is 45.0. The fraction of sp³-hybridized carbons (Fsp3) is 0.391. The lowest BCUT2D eigenvalue weighted by Crippen LogP contribution is -2.43. The van der Waals surface area contributed by atoms with Gasteiger partial charge in [-0.2, -0.15) is 13.2 Å². The van der Waals surface area contributed by atoms with Crippen LogP contribution in [0.15, 0.2) is 35.3 Å². The number of halogens is 3. The average molecular weight is 471 g/mol. The maximum absolute atomic E-state index is 13.3. The fourth-order valence-corrected chi connectivity index (χ4v) is 4.25. The first-order valence-corrected chi connectivity index (χ1v) is 11.1. The minimum atomic E-state index is -4.39. The predicted molar refractivity (Wildman–Crippen MR) is 121 cm³/mol. The Morgan fingerprint density at radius 3 is 2.74 bits per heavy atom. The standard InChI is InChI=1S/C23H24F3N7O/c1-12-3-4-15(9-27-12)30-22-29-8-14(7-23(24,25)26)20(32-22)17-10-28-21-16(17)5-6-19(31-21)18-11-34-33-13(18)2/h5-6,8,10-12,15,27H,3-4,7,9H2,1-2H3,(H,28,31)(H,29,30,32)/t12-,15-/m0/s1. The molecule has 34 heavy (non-hydrogen) atoms. The van der Waals surface area contributed by atoms with Crippen molar-refractivity contribution in [3.63, 3.8) is 0 Å². The Labute approximate surface area is 193 Å². The van der Waals surface area contributed by atoms with Crippen molar-refractivity contribution in [1.29, 1.82) is 0 Å². The number of H-pyrrole nitrogens is 1. The van der Waals surface area contributed by atoms with E-state index in [-0.39, 0.29) is 17.3 Å². The summed E-state index contributed by atoms with van der Waals surface area (Å²) in [6.45, 7) is 4.68. The van der Waals surface area contributed by atoms with Crippen molar-refractivity contribution in [2.45, 2.75) is 51.4 Å². The highest BCUT2D eigenvalue weighted by molar-refractivity contribution is 5.94. The number of piperidine rings is 1. The summed E-state index contributed by atoms with van der Waals surface area (Å²) in [7, 11) is 0. The molecule has 0 radical (unpaired) electrons. The second kappa shape index (κ2) is 8.71. The van der Waals surface area contributed by atoms with Crippen molar-refractivity contribution >= 4 is 17.0 Å². The quantitative estimate of drug-likeness (QED) is 0.389. The van der Waals surface area contributed by atoms with Crippen molar-refractivity contribution in [3.05, 3.63) is 42.0 Å². The predicted octanol–water partition coefficient (Wildman–Crippen LogP) is 4.64. The number of nitrogens with zero attached hydrogens (tertiary/aromatic N) is 4. The zero-order valence-corrected chi connectivity index (χ0v) is 18.7. The largest absolute Gasteiger partial charge is 0.393 e. The number of hydrogen-bond donors (Lipinski definition) is 3. The lowest BCUT2D eigenvalue weighted by Gasteiger charge is -2.28. The molecule has 0 spiro atoms. The van der Waals surface area contributed by atoms with Crippen molar-refractivity contribution in [2.75, 3.05) is 11.9 Å². The molecule has 178 valence electrons. The van der Waals surface area contributed by atoms with Crippen LogP contribution in [0.3, 0.4) is 0 Å². The van der Waals surface area contributed by atoms with E-state index in [4.69, 9.17) is 4.52 Å². The van der Waals surface area contributed by atoms with Gasteiger partial charge in [0.15, 0.2) is 0 Å². The van der Waals surface area contributed by atoms with Gasteiger partial charge in [0, 0.05) is 47.5 Å². The smallest absolute Gasteiger partial charge is 0.364 e. The van der Waals surface area contributed by atoms with Gasteiger partial charge in [0.05, 0.1) is 29.1 Å². The van der Waals surface area contributed by atoms with Gasteiger partial charge in [-0.15, -0.1) is 0 Å². The summed E-state index contributed by atoms with van der Waals surface area (Å²) in [5.74, 6) is 0.307. The molecule has 8 nitrogen and oxygen atoms in total. The number of rotatable bonds is 5. The molecule has 0 amide bonds. The highest BCUT2D eigenvalue weighted by Gasteiger charge is 2.31. The van der Waals surface area contributed by atoms with Gasteiger partial charge in [-0.25, -0.2) is 15.0 Å². The van der Waals surface area contributed by atoms with E-state index in [1.54, 1.807) is 12.3 Å². The molecule has 3 N–H and O–H groups in total. The second-order valence-electron chi connectivity index (χ2n) is 8.70. The van der Waals surface area contributed by atoms with E-state index in [1.165, 1.54) is 12.5 Å². The molecule has 0 bridgehead atoms. The number of nitrogens with one attached hydrogen (secondary N) is 3. The molecule has 1 aliphatic rings. The van der Waals surface area contributed by atoms with Gasteiger partial charge in [-0.1, -0.05) is 5.16 Å². The molecule has 0 aromatic carbocycles. The van der Waals surface area contributed by atoms with Crippen LogP contribution in [0.25, 0.3) is 33.5 Å². The third-order valence-electron chi connectivity index (χ3n) is 6.07. The summed E-state index contributed by atoms with van der Waals surface area (Å²) >= 11 is 0. The van der Waals surface area contributed by atoms with E-state index in [9.17, 15) is 13.2 Å². The molecule has 1 saturated heterocycles. The topological polar surface area (TPSA) is 105 Å². The first-order chi connectivity index (χ1) is 16.3. The second-order valence-corrected chi connectivity index (χ2v) is 8.70. The lowest BCUT2D eigenvalue weighted by molar-refractivity contribution is -0.127. The number of pyridine rings is 1. The Balaban J connectivity index is 1.53. The number of aromatic amines is 1. The van der Waals surface area contributed by atoms with Gasteiger partial charge in [0.1, 0.15) is 11.9 Å². The Morgan fingerprint density at radius 2 is 2.03 bits per heavy atom. The van der Waals surface area contributed by atoms with Crippen molar-refractivity contribution in [2.24, 2.45) is 0 Å². The molecule has 0 aliphatic carbocycles. The Bertz CT molecular complexity index is 1310. The third kappa shape index (κ3) is 4.60. The van der Waals surface area contributed by atoms with E-state index >= 15 is 0 Å². The summed E-state index contributed by atoms with van der Waals surface area (Å²) in [5, 5.41) is 11.2. The van der Waals surface area contributed by atoms with Crippen molar-refractivity contribution in [1.82, 2.24) is 30.4 Å². The van der Waals surface area contributed by atoms with Crippen LogP contribution in [-0.4, -0.2) is 49.9 Å². The first kappa shape index (κ1) is 22.3. The number of anilines is 1. The van der Waals surface area contributed by atoms with Crippen LogP contribution in [0.2, 0.25) is 0 Å². The minimum absolute atomic E-state index is 0.00768. The van der Waals surface area contributed by atoms with E-state index in [0.29, 0.717) is 40.0 Å². The summed E-state index contributed by atoms with van der Waals surface area (Å²) in [4.78, 5) is 16.4. The molecule has 5 rings (SSSR count). The molecule has 2 atom stereocenters. The van der Waals surface area contributed by atoms with E-state index in [0.717, 1.165) is 24.9 Å². The summed E-state index contributed by atoms with van der Waals surface area (Å²) in [6.07, 6.45) is 0.828. The molecule has 1 fully saturated rings. The van der Waals surface area contributed by atoms with Crippen LogP contribution < -0.4 is 10.6 Å². The Kier molecular flexibility index (Phi) is 5.72. The van der Waals surface area contributed by atoms with Crippen molar-refractivity contribution < 1.29 is 17.7 Å². The van der Waals surface area contributed by atoms with Gasteiger partial charge >= 0.3 is 6.18 Å². The number of aryl methyl sites for hydroxylation is 1. The van der Waals surface area contributed by atoms with Crippen LogP contribution >= 0.6 is 0 Å². The van der Waals surface area contributed by atoms with Crippen LogP contribution in [0.5, 0.6) is 0 Å². The van der Waals surface area contributed by atoms with Crippen LogP contribution in [0.1, 0.15) is 31.0 Å². The number of fused-ring (bicyclic) bond motifs is 1. The lowest BCUT2D eigenvalue weighted by atomic mass is 10.0. The van der Waals surface area contributed by atoms with Gasteiger partial charge in [-0.3, -0.25) is 0 Å².